The van der Waals surface area contributed by atoms with Gasteiger partial charge in [0.05, 0.1) is 43.4 Å². The number of aromatic nitrogens is 2. The van der Waals surface area contributed by atoms with Gasteiger partial charge in [-0.1, -0.05) is 12.1 Å². The number of nitrogens with zero attached hydrogens (tertiary/aromatic N) is 2. The Morgan fingerprint density at radius 2 is 1.56 bits per heavy atom. The number of sulfonamides is 1. The van der Waals surface area contributed by atoms with Crippen LogP contribution < -0.4 is 29.6 Å². The van der Waals surface area contributed by atoms with E-state index < -0.39 is 10.0 Å². The molecule has 0 atom stereocenters. The zero-order chi connectivity index (χ0) is 23.3. The summed E-state index contributed by atoms with van der Waals surface area (Å²) in [6, 6.07) is 10.3. The Bertz CT molecular complexity index is 1200. The highest BCUT2D eigenvalue weighted by atomic mass is 79.9. The highest BCUT2D eigenvalue weighted by molar-refractivity contribution is 9.10. The minimum Gasteiger partial charge on any atom is -0.493 e. The Kier molecular flexibility index (Phi) is 7.26. The molecular weight excluding hydrogens is 502 g/mol. The molecular formula is C20H22BrN5O5S. The Morgan fingerprint density at radius 3 is 2.12 bits per heavy atom. The van der Waals surface area contributed by atoms with E-state index in [9.17, 15) is 8.42 Å². The molecule has 3 rings (SSSR count). The second-order valence-electron chi connectivity index (χ2n) is 6.47. The molecule has 0 bridgehead atoms. The van der Waals surface area contributed by atoms with Crippen LogP contribution in [0.3, 0.4) is 0 Å². The summed E-state index contributed by atoms with van der Waals surface area (Å²) in [7, 11) is 1.13. The third kappa shape index (κ3) is 5.71. The first-order valence-corrected chi connectivity index (χ1v) is 11.9. The molecule has 12 heteroatoms. The van der Waals surface area contributed by atoms with Gasteiger partial charge < -0.3 is 24.8 Å². The molecule has 32 heavy (non-hydrogen) atoms. The number of benzene rings is 2. The zero-order valence-electron chi connectivity index (χ0n) is 17.8. The smallest absolute Gasteiger partial charge is 0.229 e. The molecule has 0 fully saturated rings. The Labute approximate surface area is 194 Å². The van der Waals surface area contributed by atoms with Crippen molar-refractivity contribution in [1.29, 1.82) is 0 Å². The summed E-state index contributed by atoms with van der Waals surface area (Å²) in [5.74, 6) is 2.14. The van der Waals surface area contributed by atoms with Gasteiger partial charge in [-0.2, -0.15) is 4.98 Å². The minimum absolute atomic E-state index is 0.290. The van der Waals surface area contributed by atoms with Gasteiger partial charge in [0.15, 0.2) is 11.5 Å². The van der Waals surface area contributed by atoms with Crippen molar-refractivity contribution in [2.45, 2.75) is 0 Å². The van der Waals surface area contributed by atoms with E-state index in [-0.39, 0.29) is 0 Å². The van der Waals surface area contributed by atoms with E-state index in [1.165, 1.54) is 21.3 Å². The molecule has 0 saturated carbocycles. The molecule has 0 amide bonds. The van der Waals surface area contributed by atoms with Crippen LogP contribution in [-0.4, -0.2) is 46.0 Å². The number of nitrogens with one attached hydrogen (secondary N) is 3. The summed E-state index contributed by atoms with van der Waals surface area (Å²) in [4.78, 5) is 8.76. The lowest BCUT2D eigenvalue weighted by atomic mass is 10.2. The summed E-state index contributed by atoms with van der Waals surface area (Å²) in [6.45, 7) is 0. The largest absolute Gasteiger partial charge is 0.493 e. The van der Waals surface area contributed by atoms with Gasteiger partial charge >= 0.3 is 0 Å². The van der Waals surface area contributed by atoms with Gasteiger partial charge in [-0.15, -0.1) is 0 Å². The van der Waals surface area contributed by atoms with Crippen LogP contribution in [-0.2, 0) is 10.0 Å². The van der Waals surface area contributed by atoms with E-state index in [1.807, 2.05) is 0 Å². The molecule has 1 heterocycles. The quantitative estimate of drug-likeness (QED) is 0.379. The summed E-state index contributed by atoms with van der Waals surface area (Å²) >= 11 is 3.41. The standard InChI is InChI=1S/C20H22BrN5O5S/c1-29-16-9-12(10-17(30-2)18(16)31-3)23-20-22-11-13(21)19(25-20)24-14-7-5-6-8-15(14)26-32(4,27)28/h5-11,26H,1-4H3,(H2,22,23,24,25). The van der Waals surface area contributed by atoms with Crippen LogP contribution in [0.1, 0.15) is 0 Å². The van der Waals surface area contributed by atoms with Gasteiger partial charge in [-0.05, 0) is 28.1 Å². The van der Waals surface area contributed by atoms with Crippen molar-refractivity contribution >= 4 is 54.8 Å². The summed E-state index contributed by atoms with van der Waals surface area (Å²) in [6.07, 6.45) is 2.66. The number of para-hydroxylation sites is 2. The van der Waals surface area contributed by atoms with Crippen LogP contribution in [0.25, 0.3) is 0 Å². The fourth-order valence-electron chi connectivity index (χ4n) is 2.81. The van der Waals surface area contributed by atoms with Gasteiger partial charge in [0.25, 0.3) is 0 Å². The van der Waals surface area contributed by atoms with Crippen molar-refractivity contribution in [1.82, 2.24) is 9.97 Å². The Balaban J connectivity index is 1.91. The van der Waals surface area contributed by atoms with Crippen molar-refractivity contribution in [3.8, 4) is 17.2 Å². The molecule has 2 aromatic carbocycles. The zero-order valence-corrected chi connectivity index (χ0v) is 20.2. The van der Waals surface area contributed by atoms with Crippen molar-refractivity contribution < 1.29 is 22.6 Å². The fourth-order valence-corrected chi connectivity index (χ4v) is 3.67. The van der Waals surface area contributed by atoms with Crippen molar-refractivity contribution in [2.24, 2.45) is 0 Å². The summed E-state index contributed by atoms with van der Waals surface area (Å²) in [5, 5.41) is 6.22. The second-order valence-corrected chi connectivity index (χ2v) is 9.08. The number of ether oxygens (including phenoxy) is 3. The number of rotatable bonds is 9. The molecule has 0 saturated heterocycles. The molecule has 0 unspecified atom stereocenters. The molecule has 0 spiro atoms. The molecule has 3 aromatic rings. The van der Waals surface area contributed by atoms with Crippen LogP contribution in [0.4, 0.5) is 28.8 Å². The predicted molar refractivity (Wildman–Crippen MR) is 127 cm³/mol. The van der Waals surface area contributed by atoms with Crippen molar-refractivity contribution in [3.05, 3.63) is 47.1 Å². The first kappa shape index (κ1) is 23.4. The third-order valence-corrected chi connectivity index (χ3v) is 5.31. The first-order valence-electron chi connectivity index (χ1n) is 9.17. The van der Waals surface area contributed by atoms with Crippen molar-refractivity contribution in [3.63, 3.8) is 0 Å². The Morgan fingerprint density at radius 1 is 0.938 bits per heavy atom. The molecule has 0 aliphatic rings. The van der Waals surface area contributed by atoms with Crippen LogP contribution in [0.2, 0.25) is 0 Å². The highest BCUT2D eigenvalue weighted by Gasteiger charge is 2.15. The van der Waals surface area contributed by atoms with Crippen LogP contribution in [0.5, 0.6) is 17.2 Å². The maximum absolute atomic E-state index is 11.7. The molecule has 0 radical (unpaired) electrons. The molecule has 0 aliphatic heterocycles. The predicted octanol–water partition coefficient (Wildman–Crippen LogP) is 4.12. The number of halogens is 1. The van der Waals surface area contributed by atoms with E-state index >= 15 is 0 Å². The number of hydrogen-bond acceptors (Lipinski definition) is 9. The van der Waals surface area contributed by atoms with Gasteiger partial charge in [0.1, 0.15) is 5.82 Å². The third-order valence-electron chi connectivity index (χ3n) is 4.14. The van der Waals surface area contributed by atoms with Gasteiger partial charge in [-0.25, -0.2) is 13.4 Å². The van der Waals surface area contributed by atoms with Gasteiger partial charge in [0, 0.05) is 24.0 Å². The number of hydrogen-bond donors (Lipinski definition) is 3. The Hall–Kier alpha value is -3.25. The molecule has 3 N–H and O–H groups in total. The normalized spacial score (nSPS) is 10.9. The number of anilines is 5. The molecule has 170 valence electrons. The van der Waals surface area contributed by atoms with E-state index in [0.717, 1.165) is 6.26 Å². The monoisotopic (exact) mass is 523 g/mol. The van der Waals surface area contributed by atoms with Crippen LogP contribution >= 0.6 is 15.9 Å². The molecule has 10 nitrogen and oxygen atoms in total. The maximum Gasteiger partial charge on any atom is 0.229 e. The average Bonchev–Trinajstić information content (AvgIpc) is 2.75. The summed E-state index contributed by atoms with van der Waals surface area (Å²) in [5.41, 5.74) is 1.53. The lowest BCUT2D eigenvalue weighted by Gasteiger charge is -2.16. The van der Waals surface area contributed by atoms with Crippen LogP contribution in [0, 0.1) is 0 Å². The molecule has 0 aliphatic carbocycles. The van der Waals surface area contributed by atoms with E-state index in [4.69, 9.17) is 14.2 Å². The topological polar surface area (TPSA) is 124 Å². The average molecular weight is 524 g/mol. The second kappa shape index (κ2) is 9.92. The van der Waals surface area contributed by atoms with E-state index in [0.29, 0.717) is 50.5 Å². The van der Waals surface area contributed by atoms with Gasteiger partial charge in [0.2, 0.25) is 21.7 Å². The fraction of sp³-hybridized carbons (Fsp3) is 0.200. The maximum atomic E-state index is 11.7. The highest BCUT2D eigenvalue weighted by Crippen LogP contribution is 2.40. The van der Waals surface area contributed by atoms with E-state index in [1.54, 1.807) is 42.6 Å². The minimum atomic E-state index is -3.45. The lowest BCUT2D eigenvalue weighted by molar-refractivity contribution is 0.324. The number of methoxy groups -OCH3 is 3. The lowest BCUT2D eigenvalue weighted by Crippen LogP contribution is -2.11. The molecule has 1 aromatic heterocycles. The van der Waals surface area contributed by atoms with E-state index in [2.05, 4.69) is 41.3 Å². The summed E-state index contributed by atoms with van der Waals surface area (Å²) < 4.78 is 42.5. The van der Waals surface area contributed by atoms with Gasteiger partial charge in [-0.3, -0.25) is 4.72 Å². The first-order chi connectivity index (χ1) is 15.2. The SMILES string of the molecule is COc1cc(Nc2ncc(Br)c(Nc3ccccc3NS(C)(=O)=O)n2)cc(OC)c1OC. The van der Waals surface area contributed by atoms with Crippen LogP contribution in [0.15, 0.2) is 47.1 Å². The van der Waals surface area contributed by atoms with Crippen molar-refractivity contribution in [2.75, 3.05) is 42.9 Å².